The van der Waals surface area contributed by atoms with Crippen LogP contribution in [0.5, 0.6) is 0 Å². The molecule has 1 fully saturated rings. The van der Waals surface area contributed by atoms with Crippen molar-refractivity contribution in [2.45, 2.75) is 24.5 Å². The molecule has 3 aromatic rings. The quantitative estimate of drug-likeness (QED) is 0.511. The van der Waals surface area contributed by atoms with E-state index < -0.39 is 5.25 Å². The summed E-state index contributed by atoms with van der Waals surface area (Å²) in [5, 5.41) is 2.67. The highest BCUT2D eigenvalue weighted by Gasteiger charge is 2.35. The zero-order valence-corrected chi connectivity index (χ0v) is 18.8. The first-order valence-electron chi connectivity index (χ1n) is 10.8. The minimum absolute atomic E-state index is 0.0802. The molecule has 0 aliphatic carbocycles. The van der Waals surface area contributed by atoms with Crippen LogP contribution >= 0.6 is 11.8 Å². The number of hydrogen-bond donors (Lipinski definition) is 1. The second-order valence-corrected chi connectivity index (χ2v) is 8.84. The molecular formula is C26H24FN3O2S. The van der Waals surface area contributed by atoms with E-state index in [-0.39, 0.29) is 24.1 Å². The lowest BCUT2D eigenvalue weighted by Crippen LogP contribution is -2.45. The third-order valence-electron chi connectivity index (χ3n) is 5.21. The number of nitrogens with one attached hydrogen (secondary N) is 1. The van der Waals surface area contributed by atoms with Crippen LogP contribution in [0.3, 0.4) is 0 Å². The van der Waals surface area contributed by atoms with Gasteiger partial charge in [-0.05, 0) is 54.8 Å². The van der Waals surface area contributed by atoms with Gasteiger partial charge in [-0.2, -0.15) is 0 Å². The third kappa shape index (κ3) is 6.29. The Hall–Kier alpha value is -3.45. The summed E-state index contributed by atoms with van der Waals surface area (Å²) in [5.41, 5.74) is 2.43. The summed E-state index contributed by atoms with van der Waals surface area (Å²) in [6, 6.07) is 25.1. The summed E-state index contributed by atoms with van der Waals surface area (Å²) in [6.45, 7) is 0.526. The van der Waals surface area contributed by atoms with E-state index in [9.17, 15) is 14.0 Å². The number of benzene rings is 3. The minimum atomic E-state index is -0.615. The van der Waals surface area contributed by atoms with Crippen molar-refractivity contribution < 1.29 is 14.0 Å². The number of halogens is 1. The second kappa shape index (κ2) is 10.9. The maximum absolute atomic E-state index is 13.2. The Morgan fingerprint density at radius 1 is 1.00 bits per heavy atom. The Kier molecular flexibility index (Phi) is 7.52. The van der Waals surface area contributed by atoms with Crippen molar-refractivity contribution in [2.24, 2.45) is 4.99 Å². The molecule has 0 aromatic heterocycles. The van der Waals surface area contributed by atoms with Crippen molar-refractivity contribution >= 4 is 40.1 Å². The molecule has 1 aliphatic heterocycles. The molecule has 0 bridgehead atoms. The smallest absolute Gasteiger partial charge is 0.238 e. The van der Waals surface area contributed by atoms with Crippen LogP contribution in [0, 0.1) is 5.82 Å². The molecule has 0 spiro atoms. The standard InChI is InChI=1S/C26H24FN3O2S/c27-20-13-15-22(16-14-20)28-25(32)23-18-24(31)30(17-7-10-19-8-3-1-4-9-19)26(33-23)29-21-11-5-2-6-12-21/h1-6,8-9,11-16,23H,7,10,17-18H2,(H,28,32)/t23-/m0/s1. The van der Waals surface area contributed by atoms with Gasteiger partial charge in [0.15, 0.2) is 5.17 Å². The number of hydrogen-bond acceptors (Lipinski definition) is 4. The molecule has 3 aromatic carbocycles. The number of nitrogens with zero attached hydrogens (tertiary/aromatic N) is 2. The Morgan fingerprint density at radius 3 is 2.36 bits per heavy atom. The number of carbonyl (C=O) groups is 2. The molecule has 168 valence electrons. The van der Waals surface area contributed by atoms with Crippen molar-refractivity contribution in [3.63, 3.8) is 0 Å². The van der Waals surface area contributed by atoms with Gasteiger partial charge in [-0.1, -0.05) is 60.3 Å². The first-order chi connectivity index (χ1) is 16.1. The van der Waals surface area contributed by atoms with Crippen LogP contribution in [0.25, 0.3) is 0 Å². The SMILES string of the molecule is O=C(Nc1ccc(F)cc1)[C@@H]1CC(=O)N(CCCc2ccccc2)C(=Nc2ccccc2)S1. The van der Waals surface area contributed by atoms with Gasteiger partial charge in [0, 0.05) is 18.7 Å². The third-order valence-corrected chi connectivity index (χ3v) is 6.40. The van der Waals surface area contributed by atoms with Crippen LogP contribution in [-0.2, 0) is 16.0 Å². The van der Waals surface area contributed by atoms with Gasteiger partial charge in [0.25, 0.3) is 0 Å². The molecule has 1 N–H and O–H groups in total. The first kappa shape index (κ1) is 22.7. The van der Waals surface area contributed by atoms with Crippen molar-refractivity contribution in [3.05, 3.63) is 96.3 Å². The minimum Gasteiger partial charge on any atom is -0.325 e. The molecule has 7 heteroatoms. The van der Waals surface area contributed by atoms with E-state index in [2.05, 4.69) is 22.4 Å². The number of para-hydroxylation sites is 1. The predicted octanol–water partition coefficient (Wildman–Crippen LogP) is 5.42. The average molecular weight is 462 g/mol. The summed E-state index contributed by atoms with van der Waals surface area (Å²) in [6.07, 6.45) is 1.72. The first-order valence-corrected chi connectivity index (χ1v) is 11.7. The van der Waals surface area contributed by atoms with Crippen molar-refractivity contribution in [2.75, 3.05) is 11.9 Å². The average Bonchev–Trinajstić information content (AvgIpc) is 2.83. The lowest BCUT2D eigenvalue weighted by molar-refractivity contribution is -0.129. The summed E-state index contributed by atoms with van der Waals surface area (Å²) in [7, 11) is 0. The normalized spacial score (nSPS) is 17.2. The molecule has 1 saturated heterocycles. The van der Waals surface area contributed by atoms with Gasteiger partial charge in [-0.3, -0.25) is 14.5 Å². The topological polar surface area (TPSA) is 61.8 Å². The molecule has 1 aliphatic rings. The number of amidine groups is 1. The Balaban J connectivity index is 1.48. The molecule has 0 radical (unpaired) electrons. The van der Waals surface area contributed by atoms with E-state index in [0.717, 1.165) is 18.5 Å². The maximum atomic E-state index is 13.2. The maximum Gasteiger partial charge on any atom is 0.238 e. The zero-order chi connectivity index (χ0) is 23.0. The summed E-state index contributed by atoms with van der Waals surface area (Å²) < 4.78 is 13.2. The second-order valence-electron chi connectivity index (χ2n) is 7.67. The molecule has 0 saturated carbocycles. The summed E-state index contributed by atoms with van der Waals surface area (Å²) in [5.74, 6) is -0.806. The van der Waals surface area contributed by atoms with E-state index in [0.29, 0.717) is 17.4 Å². The molecule has 1 heterocycles. The fourth-order valence-corrected chi connectivity index (χ4v) is 4.64. The van der Waals surface area contributed by atoms with Gasteiger partial charge >= 0.3 is 0 Å². The fraction of sp³-hybridized carbons (Fsp3) is 0.192. The fourth-order valence-electron chi connectivity index (χ4n) is 3.52. The van der Waals surface area contributed by atoms with Crippen molar-refractivity contribution in [1.82, 2.24) is 4.90 Å². The van der Waals surface area contributed by atoms with E-state index in [1.807, 2.05) is 48.5 Å². The molecule has 2 amide bonds. The number of anilines is 1. The van der Waals surface area contributed by atoms with Crippen molar-refractivity contribution in [3.8, 4) is 0 Å². The zero-order valence-electron chi connectivity index (χ0n) is 18.0. The Bertz CT molecular complexity index is 1120. The molecule has 33 heavy (non-hydrogen) atoms. The number of rotatable bonds is 7. The number of thioether (sulfide) groups is 1. The number of amides is 2. The van der Waals surface area contributed by atoms with E-state index in [4.69, 9.17) is 0 Å². The highest BCUT2D eigenvalue weighted by molar-refractivity contribution is 8.15. The van der Waals surface area contributed by atoms with Crippen LogP contribution < -0.4 is 5.32 Å². The highest BCUT2D eigenvalue weighted by atomic mass is 32.2. The van der Waals surface area contributed by atoms with Gasteiger partial charge < -0.3 is 5.32 Å². The molecule has 4 rings (SSSR count). The van der Waals surface area contributed by atoms with E-state index in [1.165, 1.54) is 41.6 Å². The van der Waals surface area contributed by atoms with Gasteiger partial charge in [-0.15, -0.1) is 0 Å². The Morgan fingerprint density at radius 2 is 1.67 bits per heavy atom. The van der Waals surface area contributed by atoms with Crippen LogP contribution in [0.2, 0.25) is 0 Å². The van der Waals surface area contributed by atoms with Gasteiger partial charge in [0.2, 0.25) is 11.8 Å². The van der Waals surface area contributed by atoms with E-state index >= 15 is 0 Å². The van der Waals surface area contributed by atoms with E-state index in [1.54, 1.807) is 4.90 Å². The summed E-state index contributed by atoms with van der Waals surface area (Å²) in [4.78, 5) is 32.3. The molecule has 1 atom stereocenters. The lowest BCUT2D eigenvalue weighted by atomic mass is 10.1. The number of aliphatic imine (C=N–C) groups is 1. The van der Waals surface area contributed by atoms with Crippen LogP contribution in [0.15, 0.2) is 89.9 Å². The Labute approximate surface area is 196 Å². The molecule has 5 nitrogen and oxygen atoms in total. The summed E-state index contributed by atoms with van der Waals surface area (Å²) >= 11 is 1.28. The van der Waals surface area contributed by atoms with Gasteiger partial charge in [0.05, 0.1) is 5.69 Å². The van der Waals surface area contributed by atoms with Crippen LogP contribution in [0.1, 0.15) is 18.4 Å². The monoisotopic (exact) mass is 461 g/mol. The van der Waals surface area contributed by atoms with Gasteiger partial charge in [-0.25, -0.2) is 9.38 Å². The molecular weight excluding hydrogens is 437 g/mol. The predicted molar refractivity (Wildman–Crippen MR) is 131 cm³/mol. The lowest BCUT2D eigenvalue weighted by Gasteiger charge is -2.31. The molecule has 0 unspecified atom stereocenters. The van der Waals surface area contributed by atoms with Crippen LogP contribution in [0.4, 0.5) is 15.8 Å². The highest BCUT2D eigenvalue weighted by Crippen LogP contribution is 2.30. The van der Waals surface area contributed by atoms with Crippen LogP contribution in [-0.4, -0.2) is 33.7 Å². The number of carbonyl (C=O) groups excluding carboxylic acids is 2. The van der Waals surface area contributed by atoms with Crippen molar-refractivity contribution in [1.29, 1.82) is 0 Å². The largest absolute Gasteiger partial charge is 0.325 e. The number of aryl methyl sites for hydroxylation is 1. The van der Waals surface area contributed by atoms with Gasteiger partial charge in [0.1, 0.15) is 11.1 Å².